The van der Waals surface area contributed by atoms with Crippen molar-refractivity contribution < 1.29 is 9.59 Å². The van der Waals surface area contributed by atoms with Crippen LogP contribution in [0.1, 0.15) is 12.5 Å². The molecule has 0 spiro atoms. The Labute approximate surface area is 108 Å². The number of carbonyl (C=O) groups is 2. The lowest BCUT2D eigenvalue weighted by molar-refractivity contribution is -0.125. The molecule has 7 nitrogen and oxygen atoms in total. The number of hydrogen-bond donors (Lipinski definition) is 2. The smallest absolute Gasteiger partial charge is 0.248 e. The van der Waals surface area contributed by atoms with Gasteiger partial charge in [0.05, 0.1) is 6.42 Å². The highest BCUT2D eigenvalue weighted by Gasteiger charge is 2.31. The Morgan fingerprint density at radius 2 is 2.16 bits per heavy atom. The largest absolute Gasteiger partial charge is 0.324 e. The maximum absolute atomic E-state index is 12.2. The van der Waals surface area contributed by atoms with Gasteiger partial charge in [-0.15, -0.1) is 10.2 Å². The maximum Gasteiger partial charge on any atom is 0.248 e. The van der Waals surface area contributed by atoms with Crippen molar-refractivity contribution in [1.29, 1.82) is 0 Å². The van der Waals surface area contributed by atoms with Gasteiger partial charge in [-0.2, -0.15) is 0 Å². The Morgan fingerprint density at radius 1 is 1.37 bits per heavy atom. The van der Waals surface area contributed by atoms with E-state index in [4.69, 9.17) is 0 Å². The Balaban J connectivity index is 1.83. The average Bonchev–Trinajstić information content (AvgIpc) is 2.86. The van der Waals surface area contributed by atoms with Crippen molar-refractivity contribution in [3.8, 4) is 0 Å². The van der Waals surface area contributed by atoms with Crippen LogP contribution in [0, 0.1) is 0 Å². The Bertz CT molecular complexity index is 622. The number of para-hydroxylation sites is 1. The summed E-state index contributed by atoms with van der Waals surface area (Å²) in [5, 5.41) is 12.8. The number of rotatable bonds is 2. The normalized spacial score (nSPS) is 17.5. The third kappa shape index (κ3) is 2.17. The lowest BCUT2D eigenvalue weighted by Crippen LogP contribution is -2.35. The Morgan fingerprint density at radius 3 is 2.95 bits per heavy atom. The highest BCUT2D eigenvalue weighted by atomic mass is 16.2. The summed E-state index contributed by atoms with van der Waals surface area (Å²) in [6.07, 6.45) is 1.51. The first-order chi connectivity index (χ1) is 9.24. The molecule has 2 aromatic rings. The second-order valence-corrected chi connectivity index (χ2v) is 4.19. The van der Waals surface area contributed by atoms with E-state index in [0.29, 0.717) is 11.6 Å². The Kier molecular flexibility index (Phi) is 2.71. The van der Waals surface area contributed by atoms with E-state index < -0.39 is 6.04 Å². The fourth-order valence-electron chi connectivity index (χ4n) is 1.98. The van der Waals surface area contributed by atoms with Crippen LogP contribution in [0.4, 0.5) is 11.6 Å². The van der Waals surface area contributed by atoms with Gasteiger partial charge in [0.25, 0.3) is 0 Å². The quantitative estimate of drug-likeness (QED) is 0.832. The maximum atomic E-state index is 12.2. The van der Waals surface area contributed by atoms with E-state index in [-0.39, 0.29) is 18.2 Å². The van der Waals surface area contributed by atoms with Gasteiger partial charge in [0, 0.05) is 5.69 Å². The zero-order valence-corrected chi connectivity index (χ0v) is 9.91. The minimum atomic E-state index is -0.626. The molecule has 0 bridgehead atoms. The summed E-state index contributed by atoms with van der Waals surface area (Å²) in [5.41, 5.74) is 0.688. The summed E-state index contributed by atoms with van der Waals surface area (Å²) >= 11 is 0. The highest BCUT2D eigenvalue weighted by Crippen LogP contribution is 2.23. The van der Waals surface area contributed by atoms with Crippen molar-refractivity contribution >= 4 is 23.5 Å². The molecule has 0 fully saturated rings. The summed E-state index contributed by atoms with van der Waals surface area (Å²) < 4.78 is 1.56. The van der Waals surface area contributed by atoms with Crippen LogP contribution >= 0.6 is 0 Å². The van der Waals surface area contributed by atoms with E-state index in [1.54, 1.807) is 16.7 Å². The summed E-state index contributed by atoms with van der Waals surface area (Å²) in [6.45, 7) is 0. The van der Waals surface area contributed by atoms with E-state index in [9.17, 15) is 9.59 Å². The van der Waals surface area contributed by atoms with Crippen LogP contribution in [-0.4, -0.2) is 26.6 Å². The van der Waals surface area contributed by atoms with Gasteiger partial charge in [-0.3, -0.25) is 19.5 Å². The first-order valence-corrected chi connectivity index (χ1v) is 5.79. The molecule has 2 amide bonds. The molecule has 0 unspecified atom stereocenters. The molecule has 0 aliphatic carbocycles. The van der Waals surface area contributed by atoms with Crippen molar-refractivity contribution in [1.82, 2.24) is 14.8 Å². The standard InChI is InChI=1S/C12H11N5O2/c18-10-6-9(17-7-13-16-12(17)15-10)11(19)14-8-4-2-1-3-5-8/h1-5,7,9H,6H2,(H,14,19)(H,15,16,18)/t9-/m1/s1. The fourth-order valence-corrected chi connectivity index (χ4v) is 1.98. The second kappa shape index (κ2) is 4.52. The molecule has 2 N–H and O–H groups in total. The molecule has 19 heavy (non-hydrogen) atoms. The monoisotopic (exact) mass is 257 g/mol. The first kappa shape index (κ1) is 11.4. The minimum absolute atomic E-state index is 0.0731. The summed E-state index contributed by atoms with van der Waals surface area (Å²) in [5.74, 6) is -0.208. The van der Waals surface area contributed by atoms with E-state index in [1.165, 1.54) is 6.33 Å². The van der Waals surface area contributed by atoms with Gasteiger partial charge < -0.3 is 5.32 Å². The van der Waals surface area contributed by atoms with Crippen LogP contribution in [0.5, 0.6) is 0 Å². The molecule has 1 aromatic carbocycles. The number of carbonyl (C=O) groups excluding carboxylic acids is 2. The third-order valence-electron chi connectivity index (χ3n) is 2.88. The lowest BCUT2D eigenvalue weighted by atomic mass is 10.1. The number of hydrogen-bond acceptors (Lipinski definition) is 4. The number of nitrogens with zero attached hydrogens (tertiary/aromatic N) is 3. The number of aromatic nitrogens is 3. The Hall–Kier alpha value is -2.70. The number of fused-ring (bicyclic) bond motifs is 1. The van der Waals surface area contributed by atoms with E-state index in [1.807, 2.05) is 18.2 Å². The van der Waals surface area contributed by atoms with Crippen molar-refractivity contribution in [2.45, 2.75) is 12.5 Å². The number of benzene rings is 1. The first-order valence-electron chi connectivity index (χ1n) is 5.79. The SMILES string of the molecule is O=C1C[C@H](C(=O)Nc2ccccc2)n2cnnc2N1. The van der Waals surface area contributed by atoms with Crippen LogP contribution in [0.3, 0.4) is 0 Å². The van der Waals surface area contributed by atoms with Crippen LogP contribution in [-0.2, 0) is 9.59 Å². The van der Waals surface area contributed by atoms with Gasteiger partial charge in [-0.05, 0) is 12.1 Å². The second-order valence-electron chi connectivity index (χ2n) is 4.19. The molecular weight excluding hydrogens is 246 g/mol. The number of nitrogens with one attached hydrogen (secondary N) is 2. The van der Waals surface area contributed by atoms with Crippen molar-refractivity contribution in [2.24, 2.45) is 0 Å². The minimum Gasteiger partial charge on any atom is -0.324 e. The van der Waals surface area contributed by atoms with Crippen LogP contribution < -0.4 is 10.6 Å². The van der Waals surface area contributed by atoms with E-state index in [0.717, 1.165) is 0 Å². The summed E-state index contributed by atoms with van der Waals surface area (Å²) in [4.78, 5) is 23.7. The molecule has 1 aliphatic heterocycles. The van der Waals surface area contributed by atoms with E-state index in [2.05, 4.69) is 20.8 Å². The van der Waals surface area contributed by atoms with E-state index >= 15 is 0 Å². The summed E-state index contributed by atoms with van der Waals surface area (Å²) in [6, 6.07) is 8.46. The molecule has 3 rings (SSSR count). The number of anilines is 2. The lowest BCUT2D eigenvalue weighted by Gasteiger charge is -2.23. The molecule has 1 atom stereocenters. The van der Waals surface area contributed by atoms with Crippen LogP contribution in [0.25, 0.3) is 0 Å². The van der Waals surface area contributed by atoms with Gasteiger partial charge in [-0.1, -0.05) is 18.2 Å². The average molecular weight is 257 g/mol. The fraction of sp³-hybridized carbons (Fsp3) is 0.167. The number of amides is 2. The predicted octanol–water partition coefficient (Wildman–Crippen LogP) is 0.800. The van der Waals surface area contributed by atoms with Crippen molar-refractivity contribution in [3.63, 3.8) is 0 Å². The van der Waals surface area contributed by atoms with Gasteiger partial charge in [0.15, 0.2) is 0 Å². The summed E-state index contributed by atoms with van der Waals surface area (Å²) in [7, 11) is 0. The molecule has 0 saturated heterocycles. The zero-order valence-electron chi connectivity index (χ0n) is 9.91. The molecule has 2 heterocycles. The molecule has 0 saturated carbocycles. The molecule has 1 aliphatic rings. The predicted molar refractivity (Wildman–Crippen MR) is 67.4 cm³/mol. The topological polar surface area (TPSA) is 88.9 Å². The third-order valence-corrected chi connectivity index (χ3v) is 2.88. The van der Waals surface area contributed by atoms with Gasteiger partial charge in [0.1, 0.15) is 12.4 Å². The van der Waals surface area contributed by atoms with Crippen LogP contribution in [0.2, 0.25) is 0 Å². The highest BCUT2D eigenvalue weighted by molar-refractivity contribution is 6.00. The van der Waals surface area contributed by atoms with Gasteiger partial charge in [-0.25, -0.2) is 0 Å². The van der Waals surface area contributed by atoms with Crippen molar-refractivity contribution in [2.75, 3.05) is 10.6 Å². The molecule has 0 radical (unpaired) electrons. The molecular formula is C12H11N5O2. The molecule has 7 heteroatoms. The molecule has 1 aromatic heterocycles. The van der Waals surface area contributed by atoms with Gasteiger partial charge in [0.2, 0.25) is 17.8 Å². The van der Waals surface area contributed by atoms with Crippen LogP contribution in [0.15, 0.2) is 36.7 Å². The zero-order chi connectivity index (χ0) is 13.2. The molecule has 96 valence electrons. The van der Waals surface area contributed by atoms with Gasteiger partial charge >= 0.3 is 0 Å². The van der Waals surface area contributed by atoms with Crippen molar-refractivity contribution in [3.05, 3.63) is 36.7 Å².